The fourth-order valence-corrected chi connectivity index (χ4v) is 3.02. The van der Waals surface area contributed by atoms with E-state index in [9.17, 15) is 5.11 Å². The van der Waals surface area contributed by atoms with Crippen LogP contribution in [0.4, 0.5) is 0 Å². The molecule has 3 nitrogen and oxygen atoms in total. The third kappa shape index (κ3) is 3.71. The third-order valence-electron chi connectivity index (χ3n) is 3.92. The summed E-state index contributed by atoms with van der Waals surface area (Å²) in [5.41, 5.74) is 1.29. The van der Waals surface area contributed by atoms with Crippen LogP contribution in [0.25, 0.3) is 0 Å². The highest BCUT2D eigenvalue weighted by Crippen LogP contribution is 2.29. The van der Waals surface area contributed by atoms with Gasteiger partial charge < -0.3 is 9.84 Å². The lowest BCUT2D eigenvalue weighted by molar-refractivity contribution is -0.00831. The van der Waals surface area contributed by atoms with Crippen molar-refractivity contribution in [3.05, 3.63) is 29.8 Å². The van der Waals surface area contributed by atoms with Gasteiger partial charge in [-0.05, 0) is 50.4 Å². The van der Waals surface area contributed by atoms with Crippen molar-refractivity contribution in [2.75, 3.05) is 19.7 Å². The number of hydrogen-bond donors (Lipinski definition) is 1. The Morgan fingerprint density at radius 1 is 1.32 bits per heavy atom. The normalized spacial score (nSPS) is 22.3. The highest BCUT2D eigenvalue weighted by molar-refractivity contribution is 5.28. The Morgan fingerprint density at radius 3 is 2.68 bits per heavy atom. The van der Waals surface area contributed by atoms with Gasteiger partial charge in [-0.25, -0.2) is 0 Å². The summed E-state index contributed by atoms with van der Waals surface area (Å²) in [7, 11) is 0. The molecular weight excluding hydrogens is 238 g/mol. The molecule has 1 aliphatic heterocycles. The van der Waals surface area contributed by atoms with Gasteiger partial charge in [-0.2, -0.15) is 0 Å². The van der Waals surface area contributed by atoms with E-state index in [1.54, 1.807) is 12.1 Å². The number of aromatic hydroxyl groups is 1. The van der Waals surface area contributed by atoms with E-state index in [0.717, 1.165) is 26.1 Å². The molecule has 1 fully saturated rings. The summed E-state index contributed by atoms with van der Waals surface area (Å²) >= 11 is 0. The van der Waals surface area contributed by atoms with Crippen molar-refractivity contribution in [3.8, 4) is 5.75 Å². The van der Waals surface area contributed by atoms with E-state index in [0.29, 0.717) is 17.9 Å². The Labute approximate surface area is 116 Å². The van der Waals surface area contributed by atoms with Gasteiger partial charge in [0.15, 0.2) is 0 Å². The first-order valence-corrected chi connectivity index (χ1v) is 7.39. The summed E-state index contributed by atoms with van der Waals surface area (Å²) in [6.45, 7) is 7.25. The van der Waals surface area contributed by atoms with Gasteiger partial charge in [-0.1, -0.05) is 19.1 Å². The van der Waals surface area contributed by atoms with Gasteiger partial charge >= 0.3 is 0 Å². The zero-order chi connectivity index (χ0) is 13.7. The molecule has 106 valence electrons. The molecular formula is C16H25NO2. The summed E-state index contributed by atoms with van der Waals surface area (Å²) in [6.07, 6.45) is 3.85. The minimum Gasteiger partial charge on any atom is -0.508 e. The van der Waals surface area contributed by atoms with Gasteiger partial charge in [0.2, 0.25) is 0 Å². The van der Waals surface area contributed by atoms with Crippen LogP contribution in [0.15, 0.2) is 24.3 Å². The van der Waals surface area contributed by atoms with Crippen LogP contribution in [0.5, 0.6) is 5.75 Å². The standard InChI is InChI=1S/C16H25NO2/c1-3-16(13-7-9-14(18)10-8-13)17-11-5-6-15(12-17)19-4-2/h7-10,15-16,18H,3-6,11-12H2,1-2H3. The molecule has 1 heterocycles. The summed E-state index contributed by atoms with van der Waals surface area (Å²) in [5.74, 6) is 0.337. The molecule has 1 aromatic carbocycles. The zero-order valence-electron chi connectivity index (χ0n) is 12.0. The molecule has 19 heavy (non-hydrogen) atoms. The predicted molar refractivity (Wildman–Crippen MR) is 77.4 cm³/mol. The Balaban J connectivity index is 2.06. The molecule has 1 N–H and O–H groups in total. The SMILES string of the molecule is CCOC1CCCN(C(CC)c2ccc(O)cc2)C1. The van der Waals surface area contributed by atoms with Crippen molar-refractivity contribution in [2.24, 2.45) is 0 Å². The van der Waals surface area contributed by atoms with Crippen LogP contribution < -0.4 is 0 Å². The lowest BCUT2D eigenvalue weighted by atomic mass is 9.98. The Morgan fingerprint density at radius 2 is 2.05 bits per heavy atom. The van der Waals surface area contributed by atoms with Crippen molar-refractivity contribution >= 4 is 0 Å². The molecule has 2 unspecified atom stereocenters. The van der Waals surface area contributed by atoms with Crippen LogP contribution in [0, 0.1) is 0 Å². The smallest absolute Gasteiger partial charge is 0.115 e. The number of rotatable bonds is 5. The number of phenols is 1. The van der Waals surface area contributed by atoms with E-state index < -0.39 is 0 Å². The van der Waals surface area contributed by atoms with Crippen molar-refractivity contribution in [1.29, 1.82) is 0 Å². The van der Waals surface area contributed by atoms with Crippen molar-refractivity contribution in [2.45, 2.75) is 45.3 Å². The second-order valence-corrected chi connectivity index (χ2v) is 5.23. The Bertz CT molecular complexity index is 375. The number of hydrogen-bond acceptors (Lipinski definition) is 3. The maximum absolute atomic E-state index is 9.40. The Hall–Kier alpha value is -1.06. The van der Waals surface area contributed by atoms with Crippen molar-refractivity contribution < 1.29 is 9.84 Å². The molecule has 0 aromatic heterocycles. The number of nitrogens with zero attached hydrogens (tertiary/aromatic N) is 1. The topological polar surface area (TPSA) is 32.7 Å². The molecule has 0 saturated carbocycles. The van der Waals surface area contributed by atoms with E-state index in [2.05, 4.69) is 18.7 Å². The van der Waals surface area contributed by atoms with Crippen LogP contribution in [-0.2, 0) is 4.74 Å². The van der Waals surface area contributed by atoms with Gasteiger partial charge in [0.1, 0.15) is 5.75 Å². The van der Waals surface area contributed by atoms with Crippen LogP contribution in [0.1, 0.15) is 44.7 Å². The van der Waals surface area contributed by atoms with Crippen molar-refractivity contribution in [3.63, 3.8) is 0 Å². The van der Waals surface area contributed by atoms with Gasteiger partial charge in [0, 0.05) is 19.2 Å². The molecule has 1 aromatic rings. The monoisotopic (exact) mass is 263 g/mol. The first-order valence-electron chi connectivity index (χ1n) is 7.39. The molecule has 0 radical (unpaired) electrons. The molecule has 0 amide bonds. The number of ether oxygens (including phenoxy) is 1. The molecule has 1 aliphatic rings. The maximum Gasteiger partial charge on any atom is 0.115 e. The van der Waals surface area contributed by atoms with Crippen molar-refractivity contribution in [1.82, 2.24) is 4.90 Å². The molecule has 2 atom stereocenters. The fourth-order valence-electron chi connectivity index (χ4n) is 3.02. The predicted octanol–water partition coefficient (Wildman–Crippen LogP) is 3.34. The second kappa shape index (κ2) is 6.92. The number of likely N-dealkylation sites (tertiary alicyclic amines) is 1. The highest BCUT2D eigenvalue weighted by Gasteiger charge is 2.26. The van der Waals surface area contributed by atoms with Crippen LogP contribution in [0.3, 0.4) is 0 Å². The lowest BCUT2D eigenvalue weighted by Crippen LogP contribution is -2.41. The van der Waals surface area contributed by atoms with Crippen LogP contribution >= 0.6 is 0 Å². The highest BCUT2D eigenvalue weighted by atomic mass is 16.5. The third-order valence-corrected chi connectivity index (χ3v) is 3.92. The summed E-state index contributed by atoms with van der Waals surface area (Å²) in [4.78, 5) is 2.52. The van der Waals surface area contributed by atoms with E-state index in [4.69, 9.17) is 4.74 Å². The van der Waals surface area contributed by atoms with E-state index >= 15 is 0 Å². The second-order valence-electron chi connectivity index (χ2n) is 5.23. The zero-order valence-corrected chi connectivity index (χ0v) is 12.0. The van der Waals surface area contributed by atoms with Crippen LogP contribution in [-0.4, -0.2) is 35.8 Å². The van der Waals surface area contributed by atoms with Gasteiger partial charge in [-0.15, -0.1) is 0 Å². The lowest BCUT2D eigenvalue weighted by Gasteiger charge is -2.38. The molecule has 0 aliphatic carbocycles. The first kappa shape index (κ1) is 14.4. The number of phenolic OH excluding ortho intramolecular Hbond substituents is 1. The minimum atomic E-state index is 0.337. The molecule has 0 spiro atoms. The summed E-state index contributed by atoms with van der Waals surface area (Å²) < 4.78 is 5.78. The van der Waals surface area contributed by atoms with E-state index in [1.165, 1.54) is 18.4 Å². The van der Waals surface area contributed by atoms with Gasteiger partial charge in [0.25, 0.3) is 0 Å². The van der Waals surface area contributed by atoms with Crippen LogP contribution in [0.2, 0.25) is 0 Å². The maximum atomic E-state index is 9.40. The largest absolute Gasteiger partial charge is 0.508 e. The van der Waals surface area contributed by atoms with E-state index in [1.807, 2.05) is 12.1 Å². The molecule has 3 heteroatoms. The average molecular weight is 263 g/mol. The first-order chi connectivity index (χ1) is 9.24. The molecule has 0 bridgehead atoms. The number of benzene rings is 1. The van der Waals surface area contributed by atoms with Gasteiger partial charge in [-0.3, -0.25) is 4.90 Å². The average Bonchev–Trinajstić information content (AvgIpc) is 2.43. The Kier molecular flexibility index (Phi) is 5.23. The molecule has 2 rings (SSSR count). The fraction of sp³-hybridized carbons (Fsp3) is 0.625. The van der Waals surface area contributed by atoms with Gasteiger partial charge in [0.05, 0.1) is 6.10 Å². The van der Waals surface area contributed by atoms with E-state index in [-0.39, 0.29) is 0 Å². The number of piperidine rings is 1. The molecule has 1 saturated heterocycles. The quantitative estimate of drug-likeness (QED) is 0.884. The summed E-state index contributed by atoms with van der Waals surface area (Å²) in [6, 6.07) is 8.06. The minimum absolute atomic E-state index is 0.337. The summed E-state index contributed by atoms with van der Waals surface area (Å²) in [5, 5.41) is 9.40.